The Morgan fingerprint density at radius 2 is 1.60 bits per heavy atom. The van der Waals surface area contributed by atoms with Crippen molar-refractivity contribution in [3.8, 4) is 11.5 Å². The summed E-state index contributed by atoms with van der Waals surface area (Å²) in [6.07, 6.45) is 0. The second kappa shape index (κ2) is 6.44. The molecule has 0 amide bonds. The van der Waals surface area contributed by atoms with Gasteiger partial charge in [0.2, 0.25) is 0 Å². The molecule has 20 heavy (non-hydrogen) atoms. The van der Waals surface area contributed by atoms with Crippen molar-refractivity contribution in [2.24, 2.45) is 0 Å². The van der Waals surface area contributed by atoms with Crippen molar-refractivity contribution in [1.29, 1.82) is 0 Å². The van der Waals surface area contributed by atoms with Crippen molar-refractivity contribution < 1.29 is 14.6 Å². The lowest BCUT2D eigenvalue weighted by Gasteiger charge is -2.12. The van der Waals surface area contributed by atoms with Gasteiger partial charge >= 0.3 is 0 Å². The van der Waals surface area contributed by atoms with Gasteiger partial charge in [0.05, 0.1) is 13.7 Å². The molecule has 106 valence electrons. The summed E-state index contributed by atoms with van der Waals surface area (Å²) >= 11 is 0. The molecule has 0 aliphatic heterocycles. The zero-order valence-corrected chi connectivity index (χ0v) is 12.1. The SMILES string of the molecule is COc1ccc(CO)cc1OCc1cc(C)cc(C)c1. The monoisotopic (exact) mass is 272 g/mol. The normalized spacial score (nSPS) is 10.4. The van der Waals surface area contributed by atoms with Crippen LogP contribution in [0.4, 0.5) is 0 Å². The van der Waals surface area contributed by atoms with Crippen molar-refractivity contribution in [2.75, 3.05) is 7.11 Å². The quantitative estimate of drug-likeness (QED) is 0.906. The average Bonchev–Trinajstić information content (AvgIpc) is 2.43. The van der Waals surface area contributed by atoms with Crippen LogP contribution in [-0.4, -0.2) is 12.2 Å². The summed E-state index contributed by atoms with van der Waals surface area (Å²) in [6, 6.07) is 11.8. The van der Waals surface area contributed by atoms with Crippen molar-refractivity contribution in [1.82, 2.24) is 0 Å². The number of benzene rings is 2. The van der Waals surface area contributed by atoms with E-state index in [2.05, 4.69) is 32.0 Å². The molecule has 2 aromatic rings. The Hall–Kier alpha value is -2.00. The number of hydrogen-bond acceptors (Lipinski definition) is 3. The molecule has 3 heteroatoms. The molecule has 2 rings (SSSR count). The Labute approximate surface area is 119 Å². The van der Waals surface area contributed by atoms with Gasteiger partial charge in [-0.2, -0.15) is 0 Å². The molecule has 0 unspecified atom stereocenters. The van der Waals surface area contributed by atoms with Gasteiger partial charge < -0.3 is 14.6 Å². The number of aliphatic hydroxyl groups is 1. The lowest BCUT2D eigenvalue weighted by molar-refractivity contribution is 0.271. The fourth-order valence-corrected chi connectivity index (χ4v) is 2.25. The van der Waals surface area contributed by atoms with Gasteiger partial charge in [-0.1, -0.05) is 35.4 Å². The van der Waals surface area contributed by atoms with Crippen LogP contribution in [0.3, 0.4) is 0 Å². The van der Waals surface area contributed by atoms with Gasteiger partial charge in [-0.25, -0.2) is 0 Å². The number of aryl methyl sites for hydroxylation is 2. The second-order valence-electron chi connectivity index (χ2n) is 4.93. The molecule has 0 fully saturated rings. The zero-order chi connectivity index (χ0) is 14.5. The third-order valence-electron chi connectivity index (χ3n) is 3.09. The van der Waals surface area contributed by atoms with Gasteiger partial charge in [-0.3, -0.25) is 0 Å². The van der Waals surface area contributed by atoms with Gasteiger partial charge in [-0.15, -0.1) is 0 Å². The summed E-state index contributed by atoms with van der Waals surface area (Å²) in [6.45, 7) is 4.62. The van der Waals surface area contributed by atoms with Crippen LogP contribution in [0.25, 0.3) is 0 Å². The van der Waals surface area contributed by atoms with Crippen molar-refractivity contribution in [3.63, 3.8) is 0 Å². The third-order valence-corrected chi connectivity index (χ3v) is 3.09. The van der Waals surface area contributed by atoms with Gasteiger partial charge in [-0.05, 0) is 37.1 Å². The Kier molecular flexibility index (Phi) is 4.64. The Bertz CT molecular complexity index is 571. The van der Waals surface area contributed by atoms with Crippen LogP contribution in [0.2, 0.25) is 0 Å². The summed E-state index contributed by atoms with van der Waals surface area (Å²) < 4.78 is 11.1. The van der Waals surface area contributed by atoms with E-state index in [1.807, 2.05) is 18.2 Å². The zero-order valence-electron chi connectivity index (χ0n) is 12.1. The van der Waals surface area contributed by atoms with E-state index in [0.29, 0.717) is 18.1 Å². The predicted octanol–water partition coefficient (Wildman–Crippen LogP) is 3.38. The van der Waals surface area contributed by atoms with Gasteiger partial charge in [0.15, 0.2) is 11.5 Å². The molecule has 0 aromatic heterocycles. The summed E-state index contributed by atoms with van der Waals surface area (Å²) in [5.74, 6) is 1.32. The highest BCUT2D eigenvalue weighted by Crippen LogP contribution is 2.29. The lowest BCUT2D eigenvalue weighted by atomic mass is 10.1. The molecule has 0 aliphatic rings. The van der Waals surface area contributed by atoms with E-state index in [1.54, 1.807) is 7.11 Å². The first kappa shape index (κ1) is 14.4. The van der Waals surface area contributed by atoms with Crippen LogP contribution in [0.5, 0.6) is 11.5 Å². The molecule has 0 spiro atoms. The van der Waals surface area contributed by atoms with Gasteiger partial charge in [0.1, 0.15) is 6.61 Å². The highest BCUT2D eigenvalue weighted by Gasteiger charge is 2.06. The summed E-state index contributed by atoms with van der Waals surface area (Å²) in [5, 5.41) is 9.19. The van der Waals surface area contributed by atoms with Crippen molar-refractivity contribution in [3.05, 3.63) is 58.7 Å². The van der Waals surface area contributed by atoms with E-state index in [9.17, 15) is 5.11 Å². The highest BCUT2D eigenvalue weighted by molar-refractivity contribution is 5.43. The van der Waals surface area contributed by atoms with Gasteiger partial charge in [0, 0.05) is 0 Å². The first-order chi connectivity index (χ1) is 9.62. The van der Waals surface area contributed by atoms with E-state index in [4.69, 9.17) is 9.47 Å². The average molecular weight is 272 g/mol. The van der Waals surface area contributed by atoms with Crippen molar-refractivity contribution >= 4 is 0 Å². The molecule has 0 radical (unpaired) electrons. The number of methoxy groups -OCH3 is 1. The molecular weight excluding hydrogens is 252 g/mol. The fraction of sp³-hybridized carbons (Fsp3) is 0.294. The fourth-order valence-electron chi connectivity index (χ4n) is 2.25. The highest BCUT2D eigenvalue weighted by atomic mass is 16.5. The Morgan fingerprint density at radius 3 is 2.20 bits per heavy atom. The van der Waals surface area contributed by atoms with Crippen LogP contribution >= 0.6 is 0 Å². The van der Waals surface area contributed by atoms with E-state index < -0.39 is 0 Å². The topological polar surface area (TPSA) is 38.7 Å². The third kappa shape index (κ3) is 3.52. The number of hydrogen-bond donors (Lipinski definition) is 1. The van der Waals surface area contributed by atoms with Crippen LogP contribution in [0, 0.1) is 13.8 Å². The molecule has 0 saturated heterocycles. The number of ether oxygens (including phenoxy) is 2. The maximum Gasteiger partial charge on any atom is 0.162 e. The Balaban J connectivity index is 2.17. The molecule has 0 atom stereocenters. The van der Waals surface area contributed by atoms with E-state index in [1.165, 1.54) is 11.1 Å². The van der Waals surface area contributed by atoms with E-state index >= 15 is 0 Å². The first-order valence-electron chi connectivity index (χ1n) is 6.60. The molecule has 0 bridgehead atoms. The van der Waals surface area contributed by atoms with Crippen molar-refractivity contribution in [2.45, 2.75) is 27.1 Å². The molecule has 2 aromatic carbocycles. The van der Waals surface area contributed by atoms with Crippen LogP contribution < -0.4 is 9.47 Å². The maximum absolute atomic E-state index is 9.19. The summed E-state index contributed by atoms with van der Waals surface area (Å²) in [7, 11) is 1.61. The lowest BCUT2D eigenvalue weighted by Crippen LogP contribution is -1.99. The minimum Gasteiger partial charge on any atom is -0.493 e. The molecule has 1 N–H and O–H groups in total. The maximum atomic E-state index is 9.19. The molecule has 3 nitrogen and oxygen atoms in total. The van der Waals surface area contributed by atoms with Crippen LogP contribution in [0.1, 0.15) is 22.3 Å². The standard InChI is InChI=1S/C17H20O3/c1-12-6-13(2)8-15(7-12)11-20-17-9-14(10-18)4-5-16(17)19-3/h4-9,18H,10-11H2,1-3H3. The van der Waals surface area contributed by atoms with E-state index in [-0.39, 0.29) is 6.61 Å². The minimum absolute atomic E-state index is 0.0100. The second-order valence-corrected chi connectivity index (χ2v) is 4.93. The smallest absolute Gasteiger partial charge is 0.162 e. The van der Waals surface area contributed by atoms with Crippen LogP contribution in [-0.2, 0) is 13.2 Å². The molecule has 0 aliphatic carbocycles. The van der Waals surface area contributed by atoms with Crippen LogP contribution in [0.15, 0.2) is 36.4 Å². The first-order valence-corrected chi connectivity index (χ1v) is 6.60. The Morgan fingerprint density at radius 1 is 0.900 bits per heavy atom. The minimum atomic E-state index is -0.0100. The molecule has 0 heterocycles. The summed E-state index contributed by atoms with van der Waals surface area (Å²) in [4.78, 5) is 0. The predicted molar refractivity (Wildman–Crippen MR) is 79.2 cm³/mol. The molecular formula is C17H20O3. The largest absolute Gasteiger partial charge is 0.493 e. The van der Waals surface area contributed by atoms with Gasteiger partial charge in [0.25, 0.3) is 0 Å². The van der Waals surface area contributed by atoms with E-state index in [0.717, 1.165) is 11.1 Å². The summed E-state index contributed by atoms with van der Waals surface area (Å²) in [5.41, 5.74) is 4.37. The number of aliphatic hydroxyl groups excluding tert-OH is 1. The number of rotatable bonds is 5. The molecule has 0 saturated carbocycles.